The van der Waals surface area contributed by atoms with Crippen molar-refractivity contribution in [2.75, 3.05) is 0 Å². The molecule has 0 bridgehead atoms. The van der Waals surface area contributed by atoms with E-state index in [1.165, 1.54) is 0 Å². The molecular formula is C7H10N2O2. The van der Waals surface area contributed by atoms with Crippen LogP contribution in [0, 0.1) is 17.2 Å². The van der Waals surface area contributed by atoms with Crippen LogP contribution in [0.2, 0.25) is 0 Å². The molecule has 2 N–H and O–H groups in total. The summed E-state index contributed by atoms with van der Waals surface area (Å²) in [5.41, 5.74) is 0. The maximum atomic E-state index is 10.2. The van der Waals surface area contributed by atoms with Gasteiger partial charge < -0.3 is 10.4 Å². The Morgan fingerprint density at radius 2 is 2.36 bits per heavy atom. The number of hydrogen-bond donors (Lipinski definition) is 2. The minimum Gasteiger partial charge on any atom is -0.465 e. The summed E-state index contributed by atoms with van der Waals surface area (Å²) in [6.07, 6.45) is 1.53. The monoisotopic (exact) mass is 154 g/mol. The molecule has 0 aromatic rings. The number of carbonyl (C=O) groups is 1. The summed E-state index contributed by atoms with van der Waals surface area (Å²) in [5, 5.41) is 19.3. The Bertz CT molecular complexity index is 197. The molecule has 4 nitrogen and oxygen atoms in total. The van der Waals surface area contributed by atoms with Gasteiger partial charge in [-0.2, -0.15) is 5.26 Å². The van der Waals surface area contributed by atoms with Gasteiger partial charge in [0.2, 0.25) is 0 Å². The molecule has 0 aliphatic heterocycles. The summed E-state index contributed by atoms with van der Waals surface area (Å²) >= 11 is 0. The Kier molecular flexibility index (Phi) is 2.32. The Hall–Kier alpha value is -1.24. The molecule has 1 aliphatic rings. The van der Waals surface area contributed by atoms with Crippen molar-refractivity contribution in [3.8, 4) is 6.07 Å². The molecular weight excluding hydrogens is 144 g/mol. The van der Waals surface area contributed by atoms with Crippen LogP contribution in [0.15, 0.2) is 0 Å². The summed E-state index contributed by atoms with van der Waals surface area (Å²) in [4.78, 5) is 10.2. The summed E-state index contributed by atoms with van der Waals surface area (Å²) in [7, 11) is 0. The van der Waals surface area contributed by atoms with Gasteiger partial charge in [0.15, 0.2) is 0 Å². The second-order valence-electron chi connectivity index (χ2n) is 2.72. The van der Waals surface area contributed by atoms with Crippen LogP contribution >= 0.6 is 0 Å². The van der Waals surface area contributed by atoms with E-state index in [9.17, 15) is 4.79 Å². The molecule has 4 heteroatoms. The molecule has 2 atom stereocenters. The maximum Gasteiger partial charge on any atom is 0.404 e. The van der Waals surface area contributed by atoms with Crippen LogP contribution in [0.1, 0.15) is 19.3 Å². The lowest BCUT2D eigenvalue weighted by Gasteiger charge is -2.11. The summed E-state index contributed by atoms with van der Waals surface area (Å²) in [6, 6.07) is 1.95. The Morgan fingerprint density at radius 3 is 2.91 bits per heavy atom. The predicted octanol–water partition coefficient (Wildman–Crippen LogP) is 0.946. The number of amides is 1. The number of rotatable bonds is 1. The fourth-order valence-corrected chi connectivity index (χ4v) is 1.45. The van der Waals surface area contributed by atoms with Gasteiger partial charge in [-0.05, 0) is 19.3 Å². The Morgan fingerprint density at radius 1 is 1.64 bits per heavy atom. The van der Waals surface area contributed by atoms with E-state index in [1.54, 1.807) is 0 Å². The molecule has 1 amide bonds. The van der Waals surface area contributed by atoms with E-state index in [1.807, 2.05) is 0 Å². The van der Waals surface area contributed by atoms with Crippen molar-refractivity contribution in [1.82, 2.24) is 5.32 Å². The van der Waals surface area contributed by atoms with E-state index in [0.717, 1.165) is 19.3 Å². The van der Waals surface area contributed by atoms with Gasteiger partial charge in [0.1, 0.15) is 0 Å². The van der Waals surface area contributed by atoms with Crippen LogP contribution in [0.25, 0.3) is 0 Å². The average Bonchev–Trinajstić information content (AvgIpc) is 2.34. The number of hydrogen-bond acceptors (Lipinski definition) is 2. The molecule has 0 aromatic heterocycles. The second-order valence-corrected chi connectivity index (χ2v) is 2.72. The molecule has 1 saturated carbocycles. The summed E-state index contributed by atoms with van der Waals surface area (Å²) < 4.78 is 0. The van der Waals surface area contributed by atoms with Crippen molar-refractivity contribution in [1.29, 1.82) is 5.26 Å². The van der Waals surface area contributed by atoms with E-state index in [0.29, 0.717) is 0 Å². The molecule has 0 radical (unpaired) electrons. The van der Waals surface area contributed by atoms with Crippen molar-refractivity contribution in [3.63, 3.8) is 0 Å². The highest BCUT2D eigenvalue weighted by Gasteiger charge is 2.27. The van der Waals surface area contributed by atoms with Gasteiger partial charge in [0, 0.05) is 6.04 Å². The number of nitriles is 1. The van der Waals surface area contributed by atoms with Crippen molar-refractivity contribution in [2.45, 2.75) is 25.3 Å². The standard InChI is InChI=1S/C7H10N2O2/c8-4-5-2-1-3-6(5)9-7(10)11/h5-6,9H,1-3H2,(H,10,11)/t5-,6+/m0/s1. The smallest absolute Gasteiger partial charge is 0.404 e. The van der Waals surface area contributed by atoms with Gasteiger partial charge in [0.25, 0.3) is 0 Å². The molecule has 0 saturated heterocycles. The lowest BCUT2D eigenvalue weighted by atomic mass is 10.1. The van der Waals surface area contributed by atoms with Crippen LogP contribution in [-0.2, 0) is 0 Å². The minimum atomic E-state index is -1.03. The third-order valence-electron chi connectivity index (χ3n) is 1.99. The lowest BCUT2D eigenvalue weighted by molar-refractivity contribution is 0.188. The number of carboxylic acid groups (broad SMARTS) is 1. The highest BCUT2D eigenvalue weighted by molar-refractivity contribution is 5.65. The first-order valence-electron chi connectivity index (χ1n) is 3.63. The van der Waals surface area contributed by atoms with Crippen molar-refractivity contribution in [3.05, 3.63) is 0 Å². The first-order valence-corrected chi connectivity index (χ1v) is 3.63. The predicted molar refractivity (Wildman–Crippen MR) is 37.9 cm³/mol. The van der Waals surface area contributed by atoms with Crippen molar-refractivity contribution < 1.29 is 9.90 Å². The lowest BCUT2D eigenvalue weighted by Crippen LogP contribution is -2.35. The highest BCUT2D eigenvalue weighted by Crippen LogP contribution is 2.24. The highest BCUT2D eigenvalue weighted by atomic mass is 16.4. The Labute approximate surface area is 64.8 Å². The normalized spacial score (nSPS) is 29.4. The zero-order valence-corrected chi connectivity index (χ0v) is 6.08. The van der Waals surface area contributed by atoms with Crippen LogP contribution in [-0.4, -0.2) is 17.2 Å². The van der Waals surface area contributed by atoms with Gasteiger partial charge in [-0.3, -0.25) is 0 Å². The van der Waals surface area contributed by atoms with Gasteiger partial charge in [-0.25, -0.2) is 4.79 Å². The summed E-state index contributed by atoms with van der Waals surface area (Å²) in [5.74, 6) is -0.119. The quantitative estimate of drug-likeness (QED) is 0.590. The fraction of sp³-hybridized carbons (Fsp3) is 0.714. The topological polar surface area (TPSA) is 73.1 Å². The van der Waals surface area contributed by atoms with Gasteiger partial charge in [0.05, 0.1) is 12.0 Å². The Balaban J connectivity index is 2.45. The van der Waals surface area contributed by atoms with Gasteiger partial charge >= 0.3 is 6.09 Å². The fourth-order valence-electron chi connectivity index (χ4n) is 1.45. The van der Waals surface area contributed by atoms with E-state index in [4.69, 9.17) is 10.4 Å². The molecule has 0 spiro atoms. The third kappa shape index (κ3) is 1.84. The van der Waals surface area contributed by atoms with Crippen LogP contribution in [0.3, 0.4) is 0 Å². The van der Waals surface area contributed by atoms with Crippen LogP contribution in [0.4, 0.5) is 4.79 Å². The van der Waals surface area contributed by atoms with E-state index in [2.05, 4.69) is 11.4 Å². The molecule has 0 unspecified atom stereocenters. The SMILES string of the molecule is N#C[C@@H]1CCC[C@H]1NC(=O)O. The van der Waals surface area contributed by atoms with Gasteiger partial charge in [-0.15, -0.1) is 0 Å². The molecule has 60 valence electrons. The molecule has 1 fully saturated rings. The van der Waals surface area contributed by atoms with Crippen LogP contribution in [0.5, 0.6) is 0 Å². The van der Waals surface area contributed by atoms with Crippen molar-refractivity contribution in [2.24, 2.45) is 5.92 Å². The van der Waals surface area contributed by atoms with E-state index < -0.39 is 6.09 Å². The van der Waals surface area contributed by atoms with Crippen LogP contribution < -0.4 is 5.32 Å². The van der Waals surface area contributed by atoms with E-state index >= 15 is 0 Å². The molecule has 0 aromatic carbocycles. The summed E-state index contributed by atoms with van der Waals surface area (Å²) in [6.45, 7) is 0. The van der Waals surface area contributed by atoms with E-state index in [-0.39, 0.29) is 12.0 Å². The largest absolute Gasteiger partial charge is 0.465 e. The maximum absolute atomic E-state index is 10.2. The molecule has 1 rings (SSSR count). The zero-order chi connectivity index (χ0) is 8.27. The average molecular weight is 154 g/mol. The number of nitrogens with zero attached hydrogens (tertiary/aromatic N) is 1. The van der Waals surface area contributed by atoms with Crippen molar-refractivity contribution >= 4 is 6.09 Å². The zero-order valence-electron chi connectivity index (χ0n) is 6.08. The molecule has 11 heavy (non-hydrogen) atoms. The second kappa shape index (κ2) is 3.24. The van der Waals surface area contributed by atoms with Gasteiger partial charge in [-0.1, -0.05) is 0 Å². The number of nitrogens with one attached hydrogen (secondary N) is 1. The first kappa shape index (κ1) is 7.86. The first-order chi connectivity index (χ1) is 5.24. The molecule has 1 aliphatic carbocycles. The molecule has 0 heterocycles. The minimum absolute atomic E-state index is 0.119. The third-order valence-corrected chi connectivity index (χ3v) is 1.99.